The van der Waals surface area contributed by atoms with Crippen LogP contribution in [0, 0.1) is 29.1 Å². The molecule has 0 unspecified atom stereocenters. The quantitative estimate of drug-likeness (QED) is 0.107. The third-order valence-electron chi connectivity index (χ3n) is 5.80. The van der Waals surface area contributed by atoms with Crippen molar-refractivity contribution in [1.82, 2.24) is 5.32 Å². The van der Waals surface area contributed by atoms with E-state index in [9.17, 15) is 26.7 Å². The Morgan fingerprint density at radius 3 is 1.36 bits per heavy atom. The monoisotopic (exact) mass is 497 g/mol. The number of nitrogens with one attached hydrogen (secondary N) is 1. The lowest BCUT2D eigenvalue weighted by Crippen LogP contribution is -2.47. The van der Waals surface area contributed by atoms with Gasteiger partial charge in [0.2, 0.25) is 5.82 Å². The SMILES string of the molecule is O=C(CNC(c1ccccc1)(c1ccccc1)c1ccccc1)OCc1c(F)c(F)c(F)c(F)c1F. The fourth-order valence-electron chi connectivity index (χ4n) is 4.06. The molecular formula is C28H20F5NO2. The van der Waals surface area contributed by atoms with Gasteiger partial charge in [-0.05, 0) is 16.7 Å². The molecule has 184 valence electrons. The molecule has 0 heterocycles. The standard InChI is InChI=1S/C28H20F5NO2/c29-23-21(24(30)26(32)27(33)25(23)31)17-36-22(35)16-34-28(18-10-4-1-5-11-18,19-12-6-2-7-13-19)20-14-8-3-9-15-20/h1-15,34H,16-17H2. The normalized spacial score (nSPS) is 11.4. The minimum atomic E-state index is -2.28. The first-order valence-corrected chi connectivity index (χ1v) is 10.9. The van der Waals surface area contributed by atoms with E-state index in [4.69, 9.17) is 4.74 Å². The fraction of sp³-hybridized carbons (Fsp3) is 0.107. The van der Waals surface area contributed by atoms with Crippen molar-refractivity contribution in [3.63, 3.8) is 0 Å². The van der Waals surface area contributed by atoms with Gasteiger partial charge >= 0.3 is 5.97 Å². The predicted molar refractivity (Wildman–Crippen MR) is 123 cm³/mol. The van der Waals surface area contributed by atoms with Gasteiger partial charge in [0.15, 0.2) is 23.3 Å². The van der Waals surface area contributed by atoms with Crippen molar-refractivity contribution in [2.45, 2.75) is 12.1 Å². The second kappa shape index (κ2) is 10.7. The highest BCUT2D eigenvalue weighted by atomic mass is 19.2. The van der Waals surface area contributed by atoms with Crippen LogP contribution in [0.25, 0.3) is 0 Å². The van der Waals surface area contributed by atoms with Gasteiger partial charge in [-0.2, -0.15) is 0 Å². The molecule has 0 aliphatic rings. The van der Waals surface area contributed by atoms with Gasteiger partial charge in [0, 0.05) is 0 Å². The molecule has 1 N–H and O–H groups in total. The molecule has 4 rings (SSSR count). The highest BCUT2D eigenvalue weighted by molar-refractivity contribution is 5.72. The van der Waals surface area contributed by atoms with Crippen LogP contribution in [0.15, 0.2) is 91.0 Å². The van der Waals surface area contributed by atoms with Crippen molar-refractivity contribution < 1.29 is 31.5 Å². The first kappa shape index (κ1) is 25.1. The Hall–Kier alpha value is -4.04. The van der Waals surface area contributed by atoms with E-state index in [1.807, 2.05) is 91.0 Å². The Labute approximate surface area is 204 Å². The van der Waals surface area contributed by atoms with Crippen molar-refractivity contribution in [2.24, 2.45) is 0 Å². The molecule has 0 radical (unpaired) electrons. The molecule has 0 atom stereocenters. The zero-order valence-electron chi connectivity index (χ0n) is 18.8. The van der Waals surface area contributed by atoms with Crippen LogP contribution in [0.4, 0.5) is 22.0 Å². The van der Waals surface area contributed by atoms with E-state index < -0.39 is 59.3 Å². The van der Waals surface area contributed by atoms with Gasteiger partial charge in [-0.1, -0.05) is 91.0 Å². The molecule has 0 aliphatic carbocycles. The Morgan fingerprint density at radius 1 is 0.611 bits per heavy atom. The molecule has 8 heteroatoms. The molecule has 36 heavy (non-hydrogen) atoms. The molecule has 0 spiro atoms. The third kappa shape index (κ3) is 4.72. The Morgan fingerprint density at radius 2 is 0.972 bits per heavy atom. The average molecular weight is 497 g/mol. The fourth-order valence-corrected chi connectivity index (χ4v) is 4.06. The molecular weight excluding hydrogens is 477 g/mol. The molecule has 3 nitrogen and oxygen atoms in total. The molecule has 4 aromatic rings. The van der Waals surface area contributed by atoms with Gasteiger partial charge in [0.1, 0.15) is 6.61 Å². The van der Waals surface area contributed by atoms with Crippen LogP contribution >= 0.6 is 0 Å². The van der Waals surface area contributed by atoms with Crippen molar-refractivity contribution in [2.75, 3.05) is 6.54 Å². The summed E-state index contributed by atoms with van der Waals surface area (Å²) in [4.78, 5) is 12.6. The zero-order chi connectivity index (χ0) is 25.7. The summed E-state index contributed by atoms with van der Waals surface area (Å²) in [5.41, 5.74) is 0.160. The number of ether oxygens (including phenoxy) is 1. The predicted octanol–water partition coefficient (Wildman–Crippen LogP) is 6.01. The lowest BCUT2D eigenvalue weighted by atomic mass is 9.77. The minimum absolute atomic E-state index is 0.436. The Kier molecular flexibility index (Phi) is 7.45. The van der Waals surface area contributed by atoms with Gasteiger partial charge in [-0.3, -0.25) is 10.1 Å². The van der Waals surface area contributed by atoms with E-state index in [-0.39, 0.29) is 0 Å². The lowest BCUT2D eigenvalue weighted by molar-refractivity contribution is -0.144. The van der Waals surface area contributed by atoms with E-state index in [1.165, 1.54) is 0 Å². The van der Waals surface area contributed by atoms with E-state index in [2.05, 4.69) is 5.32 Å². The van der Waals surface area contributed by atoms with E-state index >= 15 is 0 Å². The molecule has 0 saturated carbocycles. The van der Waals surface area contributed by atoms with Crippen LogP contribution in [0.5, 0.6) is 0 Å². The van der Waals surface area contributed by atoms with Crippen molar-refractivity contribution in [3.05, 3.63) is 142 Å². The van der Waals surface area contributed by atoms with Crippen LogP contribution in [-0.2, 0) is 21.7 Å². The average Bonchev–Trinajstić information content (AvgIpc) is 2.93. The summed E-state index contributed by atoms with van der Waals surface area (Å²) in [5.74, 6) is -11.5. The Bertz CT molecular complexity index is 1220. The first-order chi connectivity index (χ1) is 17.4. The summed E-state index contributed by atoms with van der Waals surface area (Å²) in [6, 6.07) is 27.9. The van der Waals surface area contributed by atoms with Gasteiger partial charge in [-0.15, -0.1) is 0 Å². The number of hydrogen-bond acceptors (Lipinski definition) is 3. The van der Waals surface area contributed by atoms with Crippen LogP contribution in [0.1, 0.15) is 22.3 Å². The highest BCUT2D eigenvalue weighted by Gasteiger charge is 2.36. The smallest absolute Gasteiger partial charge is 0.320 e. The molecule has 0 aromatic heterocycles. The second-order valence-corrected chi connectivity index (χ2v) is 7.91. The van der Waals surface area contributed by atoms with Crippen molar-refractivity contribution in [1.29, 1.82) is 0 Å². The summed E-state index contributed by atoms with van der Waals surface area (Å²) in [6.45, 7) is -1.56. The van der Waals surface area contributed by atoms with Crippen LogP contribution < -0.4 is 5.32 Å². The number of hydrogen-bond donors (Lipinski definition) is 1. The van der Waals surface area contributed by atoms with Crippen LogP contribution in [0.2, 0.25) is 0 Å². The number of rotatable bonds is 8. The molecule has 0 amide bonds. The van der Waals surface area contributed by atoms with Crippen molar-refractivity contribution in [3.8, 4) is 0 Å². The second-order valence-electron chi connectivity index (χ2n) is 7.91. The van der Waals surface area contributed by atoms with E-state index in [0.29, 0.717) is 0 Å². The molecule has 0 bridgehead atoms. The number of benzene rings is 4. The third-order valence-corrected chi connectivity index (χ3v) is 5.80. The molecule has 4 aromatic carbocycles. The number of carbonyl (C=O) groups is 1. The largest absolute Gasteiger partial charge is 0.460 e. The topological polar surface area (TPSA) is 38.3 Å². The first-order valence-electron chi connectivity index (χ1n) is 10.9. The highest BCUT2D eigenvalue weighted by Crippen LogP contribution is 2.36. The minimum Gasteiger partial charge on any atom is -0.460 e. The van der Waals surface area contributed by atoms with E-state index in [0.717, 1.165) is 16.7 Å². The number of halogens is 5. The Balaban J connectivity index is 1.65. The number of carbonyl (C=O) groups excluding carboxylic acids is 1. The van der Waals surface area contributed by atoms with Crippen LogP contribution in [-0.4, -0.2) is 12.5 Å². The maximum absolute atomic E-state index is 14.0. The number of esters is 1. The summed E-state index contributed by atoms with van der Waals surface area (Å²) in [5, 5.41) is 3.21. The zero-order valence-corrected chi connectivity index (χ0v) is 18.8. The lowest BCUT2D eigenvalue weighted by Gasteiger charge is -2.36. The molecule has 0 aliphatic heterocycles. The van der Waals surface area contributed by atoms with Gasteiger partial charge in [0.25, 0.3) is 0 Å². The summed E-state index contributed by atoms with van der Waals surface area (Å²) in [7, 11) is 0. The van der Waals surface area contributed by atoms with Gasteiger partial charge in [0.05, 0.1) is 17.6 Å². The summed E-state index contributed by atoms with van der Waals surface area (Å²) >= 11 is 0. The van der Waals surface area contributed by atoms with E-state index in [1.54, 1.807) is 0 Å². The molecule has 0 fully saturated rings. The maximum Gasteiger partial charge on any atom is 0.320 e. The van der Waals surface area contributed by atoms with Crippen molar-refractivity contribution >= 4 is 5.97 Å². The maximum atomic E-state index is 14.0. The molecule has 0 saturated heterocycles. The summed E-state index contributed by atoms with van der Waals surface area (Å²) in [6.07, 6.45) is 0. The van der Waals surface area contributed by atoms with Crippen LogP contribution in [0.3, 0.4) is 0 Å². The summed E-state index contributed by atoms with van der Waals surface area (Å²) < 4.78 is 73.1. The van der Waals surface area contributed by atoms with Gasteiger partial charge in [-0.25, -0.2) is 22.0 Å². The van der Waals surface area contributed by atoms with Gasteiger partial charge < -0.3 is 4.74 Å².